The van der Waals surface area contributed by atoms with Crippen molar-refractivity contribution in [2.24, 2.45) is 5.92 Å². The maximum atomic E-state index is 11.9. The molecule has 1 fully saturated rings. The van der Waals surface area contributed by atoms with Crippen molar-refractivity contribution in [3.05, 3.63) is 35.4 Å². The second kappa shape index (κ2) is 4.49. The first-order valence-electron chi connectivity index (χ1n) is 5.75. The summed E-state index contributed by atoms with van der Waals surface area (Å²) in [6, 6.07) is 9.52. The van der Waals surface area contributed by atoms with E-state index in [1.165, 1.54) is 0 Å². The minimum absolute atomic E-state index is 0.0430. The van der Waals surface area contributed by atoms with Gasteiger partial charge in [-0.1, -0.05) is 19.1 Å². The number of nitrogens with zero attached hydrogens (tertiary/aromatic N) is 1. The molecule has 0 aliphatic heterocycles. The molecule has 0 saturated heterocycles. The molecule has 0 heterocycles. The SMILES string of the molecule is CC1CCCC(=O)[C@H]1c1ccc(C#N)cc1. The van der Waals surface area contributed by atoms with Crippen molar-refractivity contribution >= 4 is 5.78 Å². The zero-order chi connectivity index (χ0) is 11.5. The molecule has 2 rings (SSSR count). The summed E-state index contributed by atoms with van der Waals surface area (Å²) in [5, 5.41) is 8.73. The van der Waals surface area contributed by atoms with Gasteiger partial charge in [-0.3, -0.25) is 4.79 Å². The van der Waals surface area contributed by atoms with E-state index in [1.807, 2.05) is 12.1 Å². The highest BCUT2D eigenvalue weighted by Crippen LogP contribution is 2.34. The number of benzene rings is 1. The number of hydrogen-bond donors (Lipinski definition) is 0. The van der Waals surface area contributed by atoms with Gasteiger partial charge in [0.05, 0.1) is 11.6 Å². The van der Waals surface area contributed by atoms with Gasteiger partial charge in [0.25, 0.3) is 0 Å². The Morgan fingerprint density at radius 1 is 1.31 bits per heavy atom. The van der Waals surface area contributed by atoms with Crippen molar-refractivity contribution in [3.63, 3.8) is 0 Å². The van der Waals surface area contributed by atoms with Crippen molar-refractivity contribution in [3.8, 4) is 6.07 Å². The molecule has 2 atom stereocenters. The van der Waals surface area contributed by atoms with Gasteiger partial charge in [0.2, 0.25) is 0 Å². The molecule has 1 aromatic rings. The van der Waals surface area contributed by atoms with E-state index in [1.54, 1.807) is 12.1 Å². The number of hydrogen-bond acceptors (Lipinski definition) is 2. The van der Waals surface area contributed by atoms with E-state index in [9.17, 15) is 4.79 Å². The van der Waals surface area contributed by atoms with Crippen LogP contribution in [-0.2, 0) is 4.79 Å². The van der Waals surface area contributed by atoms with Gasteiger partial charge in [0.1, 0.15) is 5.78 Å². The number of carbonyl (C=O) groups is 1. The summed E-state index contributed by atoms with van der Waals surface area (Å²) >= 11 is 0. The lowest BCUT2D eigenvalue weighted by molar-refractivity contribution is -0.123. The average Bonchev–Trinajstić information content (AvgIpc) is 2.30. The van der Waals surface area contributed by atoms with Crippen LogP contribution in [0.3, 0.4) is 0 Å². The highest BCUT2D eigenvalue weighted by molar-refractivity contribution is 5.86. The molecule has 1 aliphatic rings. The Morgan fingerprint density at radius 2 is 2.00 bits per heavy atom. The zero-order valence-electron chi connectivity index (χ0n) is 9.44. The molecule has 16 heavy (non-hydrogen) atoms. The van der Waals surface area contributed by atoms with Crippen LogP contribution >= 0.6 is 0 Å². The van der Waals surface area contributed by atoms with Crippen LogP contribution in [-0.4, -0.2) is 5.78 Å². The van der Waals surface area contributed by atoms with E-state index >= 15 is 0 Å². The molecule has 0 amide bonds. The topological polar surface area (TPSA) is 40.9 Å². The van der Waals surface area contributed by atoms with Crippen LogP contribution in [0.2, 0.25) is 0 Å². The van der Waals surface area contributed by atoms with E-state index in [4.69, 9.17) is 5.26 Å². The fraction of sp³-hybridized carbons (Fsp3) is 0.429. The minimum Gasteiger partial charge on any atom is -0.299 e. The number of rotatable bonds is 1. The summed E-state index contributed by atoms with van der Waals surface area (Å²) in [5.41, 5.74) is 1.72. The lowest BCUT2D eigenvalue weighted by Crippen LogP contribution is -2.24. The van der Waals surface area contributed by atoms with E-state index in [0.717, 1.165) is 18.4 Å². The number of carbonyl (C=O) groups excluding carboxylic acids is 1. The van der Waals surface area contributed by atoms with Crippen molar-refractivity contribution in [2.75, 3.05) is 0 Å². The van der Waals surface area contributed by atoms with Crippen molar-refractivity contribution in [1.82, 2.24) is 0 Å². The summed E-state index contributed by atoms with van der Waals surface area (Å²) in [6.45, 7) is 2.14. The first-order chi connectivity index (χ1) is 7.72. The highest BCUT2D eigenvalue weighted by atomic mass is 16.1. The smallest absolute Gasteiger partial charge is 0.140 e. The Bertz CT molecular complexity index is 427. The van der Waals surface area contributed by atoms with Crippen molar-refractivity contribution in [2.45, 2.75) is 32.1 Å². The van der Waals surface area contributed by atoms with Gasteiger partial charge in [-0.2, -0.15) is 5.26 Å². The monoisotopic (exact) mass is 213 g/mol. The van der Waals surface area contributed by atoms with Crippen LogP contribution < -0.4 is 0 Å². The second-order valence-corrected chi connectivity index (χ2v) is 4.55. The molecular formula is C14H15NO. The molecule has 0 N–H and O–H groups in total. The Morgan fingerprint density at radius 3 is 2.56 bits per heavy atom. The first-order valence-corrected chi connectivity index (χ1v) is 5.75. The second-order valence-electron chi connectivity index (χ2n) is 4.55. The third-order valence-electron chi connectivity index (χ3n) is 3.40. The zero-order valence-corrected chi connectivity index (χ0v) is 9.44. The van der Waals surface area contributed by atoms with Gasteiger partial charge in [-0.15, -0.1) is 0 Å². The molecular weight excluding hydrogens is 198 g/mol. The molecule has 1 saturated carbocycles. The molecule has 0 spiro atoms. The molecule has 0 bridgehead atoms. The van der Waals surface area contributed by atoms with Crippen molar-refractivity contribution < 1.29 is 4.79 Å². The Kier molecular flexibility index (Phi) is 3.05. The quantitative estimate of drug-likeness (QED) is 0.719. The first kappa shape index (κ1) is 10.9. The van der Waals surface area contributed by atoms with Crippen LogP contribution in [0, 0.1) is 17.2 Å². The van der Waals surface area contributed by atoms with Crippen LogP contribution in [0.15, 0.2) is 24.3 Å². The molecule has 0 aromatic heterocycles. The predicted molar refractivity (Wildman–Crippen MR) is 61.9 cm³/mol. The molecule has 1 aromatic carbocycles. The number of ketones is 1. The Labute approximate surface area is 95.9 Å². The Hall–Kier alpha value is -1.62. The molecule has 82 valence electrons. The fourth-order valence-electron chi connectivity index (χ4n) is 2.52. The maximum absolute atomic E-state index is 11.9. The number of Topliss-reactive ketones (excluding diaryl/α,β-unsaturated/α-hetero) is 1. The van der Waals surface area contributed by atoms with Gasteiger partial charge in [0, 0.05) is 12.3 Å². The summed E-state index contributed by atoms with van der Waals surface area (Å²) in [7, 11) is 0. The molecule has 0 radical (unpaired) electrons. The van der Waals surface area contributed by atoms with Gasteiger partial charge in [0.15, 0.2) is 0 Å². The molecule has 1 aliphatic carbocycles. The summed E-state index contributed by atoms with van der Waals surface area (Å²) in [6.07, 6.45) is 2.85. The maximum Gasteiger partial charge on any atom is 0.140 e. The predicted octanol–water partition coefficient (Wildman–Crippen LogP) is 3.03. The van der Waals surface area contributed by atoms with Crippen molar-refractivity contribution in [1.29, 1.82) is 5.26 Å². The molecule has 1 unspecified atom stereocenters. The third kappa shape index (κ3) is 1.99. The lowest BCUT2D eigenvalue weighted by atomic mass is 9.75. The average molecular weight is 213 g/mol. The van der Waals surface area contributed by atoms with Crippen LogP contribution in [0.5, 0.6) is 0 Å². The van der Waals surface area contributed by atoms with Gasteiger partial charge in [-0.05, 0) is 36.5 Å². The van der Waals surface area contributed by atoms with Crippen LogP contribution in [0.1, 0.15) is 43.2 Å². The van der Waals surface area contributed by atoms with E-state index in [2.05, 4.69) is 13.0 Å². The minimum atomic E-state index is 0.0430. The summed E-state index contributed by atoms with van der Waals surface area (Å²) in [5.74, 6) is 0.819. The largest absolute Gasteiger partial charge is 0.299 e. The van der Waals surface area contributed by atoms with E-state index in [0.29, 0.717) is 23.7 Å². The standard InChI is InChI=1S/C14H15NO/c1-10-3-2-4-13(16)14(10)12-7-5-11(9-15)6-8-12/h5-8,10,14H,2-4H2,1H3/t10?,14-/m1/s1. The van der Waals surface area contributed by atoms with Crippen LogP contribution in [0.25, 0.3) is 0 Å². The normalized spacial score (nSPS) is 25.1. The lowest BCUT2D eigenvalue weighted by Gasteiger charge is -2.27. The van der Waals surface area contributed by atoms with Gasteiger partial charge < -0.3 is 0 Å². The van der Waals surface area contributed by atoms with E-state index < -0.39 is 0 Å². The van der Waals surface area contributed by atoms with Crippen LogP contribution in [0.4, 0.5) is 0 Å². The van der Waals surface area contributed by atoms with E-state index in [-0.39, 0.29) is 5.92 Å². The molecule has 2 nitrogen and oxygen atoms in total. The summed E-state index contributed by atoms with van der Waals surface area (Å²) < 4.78 is 0. The van der Waals surface area contributed by atoms with Gasteiger partial charge >= 0.3 is 0 Å². The summed E-state index contributed by atoms with van der Waals surface area (Å²) in [4.78, 5) is 11.9. The number of nitriles is 1. The van der Waals surface area contributed by atoms with Gasteiger partial charge in [-0.25, -0.2) is 0 Å². The fourth-order valence-corrected chi connectivity index (χ4v) is 2.52. The third-order valence-corrected chi connectivity index (χ3v) is 3.40. The highest BCUT2D eigenvalue weighted by Gasteiger charge is 2.29. The Balaban J connectivity index is 2.28. The molecule has 2 heteroatoms.